The minimum Gasteiger partial charge on any atom is -0.506 e. The second kappa shape index (κ2) is 3.30. The van der Waals surface area contributed by atoms with E-state index < -0.39 is 0 Å². The quantitative estimate of drug-likeness (QED) is 0.635. The third kappa shape index (κ3) is 1.34. The van der Waals surface area contributed by atoms with Gasteiger partial charge in [-0.2, -0.15) is 0 Å². The van der Waals surface area contributed by atoms with Crippen LogP contribution in [-0.2, 0) is 0 Å². The van der Waals surface area contributed by atoms with Crippen molar-refractivity contribution in [2.45, 2.75) is 0 Å². The number of rotatable bonds is 0. The maximum atomic E-state index is 9.48. The predicted molar refractivity (Wildman–Crippen MR) is 65.4 cm³/mol. The Kier molecular flexibility index (Phi) is 2.03. The number of hydrogen-bond acceptors (Lipinski definition) is 2. The van der Waals surface area contributed by atoms with Gasteiger partial charge in [0.25, 0.3) is 0 Å². The van der Waals surface area contributed by atoms with Crippen LogP contribution in [0.3, 0.4) is 0 Å². The third-order valence-corrected chi connectivity index (χ3v) is 3.04. The Hall–Kier alpha value is -1.38. The van der Waals surface area contributed by atoms with Crippen LogP contribution in [0.4, 0.5) is 0 Å². The number of phenolic OH excluding ortho intramolecular Hbond substituents is 1. The van der Waals surface area contributed by atoms with Crippen LogP contribution in [0, 0.1) is 0 Å². The second-order valence-electron chi connectivity index (χ2n) is 3.54. The van der Waals surface area contributed by atoms with E-state index in [0.717, 1.165) is 16.4 Å². The van der Waals surface area contributed by atoms with Gasteiger partial charge >= 0.3 is 0 Å². The first-order valence-electron chi connectivity index (χ1n) is 4.65. The molecule has 1 N–H and O–H groups in total. The molecular weight excluding hydrogens is 247 g/mol. The molecule has 16 heavy (non-hydrogen) atoms. The fourth-order valence-electron chi connectivity index (χ4n) is 1.76. The summed E-state index contributed by atoms with van der Waals surface area (Å²) in [4.78, 5) is 0. The Balaban J connectivity index is 2.53. The van der Waals surface area contributed by atoms with E-state index in [-0.39, 0.29) is 5.75 Å². The molecule has 0 saturated carbocycles. The van der Waals surface area contributed by atoms with Gasteiger partial charge in [0.2, 0.25) is 0 Å². The average Bonchev–Trinajstić information content (AvgIpc) is 2.57. The molecule has 0 unspecified atom stereocenters. The Bertz CT molecular complexity index is 701. The zero-order valence-electron chi connectivity index (χ0n) is 8.00. The molecule has 0 atom stereocenters. The Morgan fingerprint density at radius 1 is 0.938 bits per heavy atom. The van der Waals surface area contributed by atoms with E-state index in [1.807, 2.05) is 6.07 Å². The van der Waals surface area contributed by atoms with Gasteiger partial charge in [-0.15, -0.1) is 0 Å². The molecule has 0 fully saturated rings. The lowest BCUT2D eigenvalue weighted by molar-refractivity contribution is 0.475. The summed E-state index contributed by atoms with van der Waals surface area (Å²) in [7, 11) is 0. The predicted octanol–water partition coefficient (Wildman–Crippen LogP) is 4.60. The van der Waals surface area contributed by atoms with Crippen molar-refractivity contribution >= 4 is 45.1 Å². The van der Waals surface area contributed by atoms with Crippen molar-refractivity contribution in [1.82, 2.24) is 0 Å². The van der Waals surface area contributed by atoms with Crippen molar-refractivity contribution in [3.63, 3.8) is 0 Å². The van der Waals surface area contributed by atoms with Gasteiger partial charge in [-0.3, -0.25) is 0 Å². The fourth-order valence-corrected chi connectivity index (χ4v) is 2.09. The van der Waals surface area contributed by atoms with Gasteiger partial charge in [0.15, 0.2) is 0 Å². The van der Waals surface area contributed by atoms with Crippen LogP contribution < -0.4 is 0 Å². The number of benzene rings is 2. The lowest BCUT2D eigenvalue weighted by Gasteiger charge is -1.95. The van der Waals surface area contributed by atoms with Crippen LogP contribution in [0.15, 0.2) is 34.7 Å². The highest BCUT2D eigenvalue weighted by Gasteiger charge is 2.10. The number of hydrogen-bond donors (Lipinski definition) is 1. The van der Waals surface area contributed by atoms with Crippen LogP contribution in [0.5, 0.6) is 5.75 Å². The lowest BCUT2D eigenvalue weighted by atomic mass is 10.1. The second-order valence-corrected chi connectivity index (χ2v) is 4.39. The van der Waals surface area contributed by atoms with Crippen molar-refractivity contribution in [3.05, 3.63) is 40.4 Å². The first-order valence-corrected chi connectivity index (χ1v) is 5.41. The van der Waals surface area contributed by atoms with Crippen LogP contribution in [0.2, 0.25) is 10.0 Å². The topological polar surface area (TPSA) is 33.4 Å². The van der Waals surface area contributed by atoms with E-state index in [0.29, 0.717) is 15.6 Å². The highest BCUT2D eigenvalue weighted by molar-refractivity contribution is 6.34. The fraction of sp³-hybridized carbons (Fsp3) is 0. The molecule has 1 heterocycles. The first-order chi connectivity index (χ1) is 7.65. The SMILES string of the molecule is Oc1cc2oc3ccc(Cl)cc3c2cc1Cl. The Morgan fingerprint density at radius 2 is 1.69 bits per heavy atom. The largest absolute Gasteiger partial charge is 0.506 e. The molecule has 4 heteroatoms. The van der Waals surface area contributed by atoms with E-state index in [1.165, 1.54) is 6.07 Å². The van der Waals surface area contributed by atoms with Gasteiger partial charge in [-0.25, -0.2) is 0 Å². The van der Waals surface area contributed by atoms with Crippen LogP contribution in [0.1, 0.15) is 0 Å². The summed E-state index contributed by atoms with van der Waals surface area (Å²) in [6.45, 7) is 0. The molecule has 0 radical (unpaired) electrons. The highest BCUT2D eigenvalue weighted by atomic mass is 35.5. The molecule has 1 aromatic heterocycles. The number of aromatic hydroxyl groups is 1. The van der Waals surface area contributed by atoms with E-state index in [9.17, 15) is 5.11 Å². The van der Waals surface area contributed by atoms with Crippen molar-refractivity contribution in [2.75, 3.05) is 0 Å². The monoisotopic (exact) mass is 252 g/mol. The molecule has 2 nitrogen and oxygen atoms in total. The van der Waals surface area contributed by atoms with E-state index in [1.54, 1.807) is 18.2 Å². The van der Waals surface area contributed by atoms with Crippen LogP contribution in [-0.4, -0.2) is 5.11 Å². The molecule has 2 aromatic carbocycles. The number of phenols is 1. The van der Waals surface area contributed by atoms with Gasteiger partial charge in [0.05, 0.1) is 5.02 Å². The van der Waals surface area contributed by atoms with Crippen LogP contribution in [0.25, 0.3) is 21.9 Å². The maximum Gasteiger partial charge on any atom is 0.139 e. The molecule has 0 amide bonds. The summed E-state index contributed by atoms with van der Waals surface area (Å²) >= 11 is 11.8. The van der Waals surface area contributed by atoms with Crippen LogP contribution >= 0.6 is 23.2 Å². The number of fused-ring (bicyclic) bond motifs is 3. The van der Waals surface area contributed by atoms with E-state index in [2.05, 4.69) is 0 Å². The molecule has 0 aliphatic carbocycles. The summed E-state index contributed by atoms with van der Waals surface area (Å²) in [5.41, 5.74) is 1.32. The van der Waals surface area contributed by atoms with Gasteiger partial charge in [0, 0.05) is 21.9 Å². The smallest absolute Gasteiger partial charge is 0.139 e. The summed E-state index contributed by atoms with van der Waals surface area (Å²) in [6.07, 6.45) is 0. The Labute approximate surface area is 101 Å². The minimum absolute atomic E-state index is 0.0133. The number of halogens is 2. The van der Waals surface area contributed by atoms with Gasteiger partial charge < -0.3 is 9.52 Å². The molecule has 0 bridgehead atoms. The maximum absolute atomic E-state index is 9.48. The average molecular weight is 253 g/mol. The van der Waals surface area contributed by atoms with Crippen molar-refractivity contribution in [2.24, 2.45) is 0 Å². The summed E-state index contributed by atoms with van der Waals surface area (Å²) < 4.78 is 5.57. The third-order valence-electron chi connectivity index (χ3n) is 2.50. The van der Waals surface area contributed by atoms with Crippen molar-refractivity contribution in [1.29, 1.82) is 0 Å². The first kappa shape index (κ1) is 9.82. The molecule has 3 aromatic rings. The number of furan rings is 1. The Morgan fingerprint density at radius 3 is 2.50 bits per heavy atom. The van der Waals surface area contributed by atoms with Crippen molar-refractivity contribution < 1.29 is 9.52 Å². The molecule has 80 valence electrons. The van der Waals surface area contributed by atoms with E-state index >= 15 is 0 Å². The summed E-state index contributed by atoms with van der Waals surface area (Å²) in [5.74, 6) is 0.0133. The summed E-state index contributed by atoms with van der Waals surface area (Å²) in [5, 5.41) is 12.2. The molecule has 0 spiro atoms. The van der Waals surface area contributed by atoms with E-state index in [4.69, 9.17) is 27.6 Å². The van der Waals surface area contributed by atoms with Gasteiger partial charge in [0.1, 0.15) is 16.9 Å². The standard InChI is InChI=1S/C12H6Cl2O2/c13-6-1-2-11-7(3-6)8-4-9(14)10(15)5-12(8)16-11/h1-5,15H. The van der Waals surface area contributed by atoms with Crippen molar-refractivity contribution in [3.8, 4) is 5.75 Å². The molecular formula is C12H6Cl2O2. The van der Waals surface area contributed by atoms with Gasteiger partial charge in [-0.05, 0) is 24.3 Å². The van der Waals surface area contributed by atoms with Gasteiger partial charge in [-0.1, -0.05) is 23.2 Å². The zero-order valence-corrected chi connectivity index (χ0v) is 9.51. The molecule has 0 saturated heterocycles. The lowest BCUT2D eigenvalue weighted by Crippen LogP contribution is -1.70. The minimum atomic E-state index is 0.0133. The molecule has 0 aliphatic heterocycles. The highest BCUT2D eigenvalue weighted by Crippen LogP contribution is 2.36. The summed E-state index contributed by atoms with van der Waals surface area (Å²) in [6, 6.07) is 8.55. The zero-order chi connectivity index (χ0) is 11.3. The molecule has 3 rings (SSSR count). The molecule has 0 aliphatic rings. The normalized spacial score (nSPS) is 11.4.